The topological polar surface area (TPSA) is 178 Å². The summed E-state index contributed by atoms with van der Waals surface area (Å²) in [6.45, 7) is 6.39. The summed E-state index contributed by atoms with van der Waals surface area (Å²) in [6.07, 6.45) is 0.921. The lowest BCUT2D eigenvalue weighted by Crippen LogP contribution is -2.74. The van der Waals surface area contributed by atoms with Gasteiger partial charge in [-0.15, -0.1) is 0 Å². The molecule has 3 aromatic rings. The number of nitriles is 1. The maximum Gasteiger partial charge on any atom is 0.408 e. The first-order valence-electron chi connectivity index (χ1n) is 21.6. The second kappa shape index (κ2) is 17.9. The predicted octanol–water partition coefficient (Wildman–Crippen LogP) is 5.45. The van der Waals surface area contributed by atoms with Gasteiger partial charge in [-0.1, -0.05) is 67.3 Å². The summed E-state index contributed by atoms with van der Waals surface area (Å²) in [7, 11) is 5.03. The molecule has 340 valence electrons. The van der Waals surface area contributed by atoms with Crippen LogP contribution < -0.4 is 14.8 Å². The SMILES string of the molecule is C=CCOC(=O)N[C@H](CSCC1c2ccccc2-c2ccccc21)C(=O)OC[C@H]1C2=C3OCOC3=C(C)C(=O)C2(O)CC2[C@H]3c4c(cc(C)c(OC)c4OCOC)C[C@@H]([C@H](C#N)N21)N3C. The third-order valence-electron chi connectivity index (χ3n) is 13.7. The second-order valence-electron chi connectivity index (χ2n) is 17.1. The average molecular weight is 905 g/mol. The number of hydrogen-bond donors (Lipinski definition) is 2. The number of ether oxygens (including phenoxy) is 7. The van der Waals surface area contributed by atoms with E-state index in [1.165, 1.54) is 47.2 Å². The number of fused-ring (bicyclic) bond motifs is 11. The second-order valence-corrected chi connectivity index (χ2v) is 18.2. The van der Waals surface area contributed by atoms with Crippen molar-refractivity contribution in [2.75, 3.05) is 59.6 Å². The Morgan fingerprint density at radius 2 is 1.77 bits per heavy atom. The molecule has 2 aliphatic carbocycles. The number of hydrogen-bond acceptors (Lipinski definition) is 15. The summed E-state index contributed by atoms with van der Waals surface area (Å²) in [5.41, 5.74) is 5.51. The highest BCUT2D eigenvalue weighted by molar-refractivity contribution is 7.99. The van der Waals surface area contributed by atoms with Crippen LogP contribution in [0, 0.1) is 18.3 Å². The van der Waals surface area contributed by atoms with Crippen LogP contribution in [-0.2, 0) is 39.7 Å². The van der Waals surface area contributed by atoms with Gasteiger partial charge in [0.15, 0.2) is 41.2 Å². The zero-order valence-electron chi connectivity index (χ0n) is 37.0. The number of carbonyl (C=O) groups excluding carboxylic acids is 3. The minimum Gasteiger partial charge on any atom is -0.493 e. The van der Waals surface area contributed by atoms with Crippen LogP contribution in [0.1, 0.15) is 53.1 Å². The van der Waals surface area contributed by atoms with Crippen LogP contribution in [0.15, 0.2) is 89.9 Å². The molecule has 0 aromatic heterocycles. The number of methoxy groups -OCH3 is 2. The van der Waals surface area contributed by atoms with Crippen LogP contribution in [0.5, 0.6) is 11.5 Å². The third kappa shape index (κ3) is 7.34. The molecule has 9 rings (SSSR count). The summed E-state index contributed by atoms with van der Waals surface area (Å²) < 4.78 is 40.9. The summed E-state index contributed by atoms with van der Waals surface area (Å²) in [5, 5.41) is 26.8. The Labute approximate surface area is 381 Å². The number of nitrogens with zero attached hydrogens (tertiary/aromatic N) is 3. The number of rotatable bonds is 14. The number of likely N-dealkylation sites (N-methyl/N-ethyl adjacent to an activating group) is 1. The Morgan fingerprint density at radius 3 is 2.45 bits per heavy atom. The molecule has 4 heterocycles. The molecule has 7 atom stereocenters. The molecule has 65 heavy (non-hydrogen) atoms. The van der Waals surface area contributed by atoms with Crippen molar-refractivity contribution in [1.82, 2.24) is 15.1 Å². The van der Waals surface area contributed by atoms with Crippen molar-refractivity contribution in [3.05, 3.63) is 118 Å². The van der Waals surface area contributed by atoms with Gasteiger partial charge in [-0.2, -0.15) is 17.0 Å². The van der Waals surface area contributed by atoms with E-state index in [2.05, 4.69) is 47.1 Å². The number of piperazine rings is 1. The van der Waals surface area contributed by atoms with Crippen LogP contribution in [-0.4, -0.2) is 128 Å². The molecule has 3 fully saturated rings. The molecule has 6 aliphatic rings. The molecular weight excluding hydrogens is 853 g/mol. The maximum absolute atomic E-state index is 14.6. The van der Waals surface area contributed by atoms with Gasteiger partial charge in [-0.05, 0) is 60.7 Å². The van der Waals surface area contributed by atoms with Gasteiger partial charge in [-0.3, -0.25) is 14.6 Å². The molecule has 0 radical (unpaired) electrons. The van der Waals surface area contributed by atoms with Crippen molar-refractivity contribution in [3.8, 4) is 28.7 Å². The van der Waals surface area contributed by atoms with E-state index in [-0.39, 0.29) is 67.0 Å². The van der Waals surface area contributed by atoms with Crippen LogP contribution in [0.2, 0.25) is 0 Å². The molecular formula is C49H52N4O11S. The molecule has 3 aromatic carbocycles. The normalized spacial score (nSPS) is 25.6. The number of carbonyl (C=O) groups is 3. The highest BCUT2D eigenvalue weighted by atomic mass is 32.2. The summed E-state index contributed by atoms with van der Waals surface area (Å²) in [5.74, 6) is 0.825. The molecule has 16 heteroatoms. The first-order valence-corrected chi connectivity index (χ1v) is 22.8. The number of alkyl carbamates (subject to hydrolysis) is 1. The Morgan fingerprint density at radius 1 is 1.06 bits per heavy atom. The summed E-state index contributed by atoms with van der Waals surface area (Å²) in [4.78, 5) is 46.2. The lowest BCUT2D eigenvalue weighted by molar-refractivity contribution is -0.159. The lowest BCUT2D eigenvalue weighted by Gasteiger charge is -2.62. The van der Waals surface area contributed by atoms with E-state index in [1.807, 2.05) is 49.2 Å². The average Bonchev–Trinajstić information content (AvgIpc) is 3.92. The van der Waals surface area contributed by atoms with Crippen molar-refractivity contribution in [2.45, 2.75) is 74.5 Å². The smallest absolute Gasteiger partial charge is 0.408 e. The quantitative estimate of drug-likeness (QED) is 0.119. The van der Waals surface area contributed by atoms with Crippen molar-refractivity contribution < 1.29 is 52.6 Å². The molecule has 2 unspecified atom stereocenters. The van der Waals surface area contributed by atoms with Gasteiger partial charge in [0, 0.05) is 59.7 Å². The largest absolute Gasteiger partial charge is 0.493 e. The molecule has 2 bridgehead atoms. The number of aliphatic hydroxyl groups is 1. The molecule has 15 nitrogen and oxygen atoms in total. The first-order chi connectivity index (χ1) is 31.5. The van der Waals surface area contributed by atoms with Crippen molar-refractivity contribution in [2.24, 2.45) is 0 Å². The monoisotopic (exact) mass is 904 g/mol. The fraction of sp³-hybridized carbons (Fsp3) is 0.429. The van der Waals surface area contributed by atoms with Crippen LogP contribution in [0.3, 0.4) is 0 Å². The van der Waals surface area contributed by atoms with Gasteiger partial charge in [0.25, 0.3) is 0 Å². The predicted molar refractivity (Wildman–Crippen MR) is 239 cm³/mol. The first kappa shape index (κ1) is 44.4. The van der Waals surface area contributed by atoms with E-state index < -0.39 is 60.3 Å². The minimum atomic E-state index is -2.14. The zero-order valence-corrected chi connectivity index (χ0v) is 37.8. The number of amides is 1. The number of thioether (sulfide) groups is 1. The van der Waals surface area contributed by atoms with E-state index in [4.69, 9.17) is 33.2 Å². The van der Waals surface area contributed by atoms with Gasteiger partial charge in [0.2, 0.25) is 6.79 Å². The molecule has 0 saturated carbocycles. The van der Waals surface area contributed by atoms with E-state index in [0.717, 1.165) is 16.7 Å². The van der Waals surface area contributed by atoms with Crippen LogP contribution in [0.4, 0.5) is 4.79 Å². The Bertz CT molecular complexity index is 2510. The van der Waals surface area contributed by atoms with Gasteiger partial charge >= 0.3 is 12.1 Å². The minimum absolute atomic E-state index is 0.0549. The number of Topliss-reactive ketones (excluding diaryl/α,β-unsaturated/α-hetero) is 1. The summed E-state index contributed by atoms with van der Waals surface area (Å²) in [6, 6.07) is 16.5. The van der Waals surface area contributed by atoms with E-state index in [0.29, 0.717) is 23.7 Å². The van der Waals surface area contributed by atoms with Crippen LogP contribution >= 0.6 is 11.8 Å². The van der Waals surface area contributed by atoms with Crippen LogP contribution in [0.25, 0.3) is 11.1 Å². The van der Waals surface area contributed by atoms with Gasteiger partial charge in [0.05, 0.1) is 25.3 Å². The number of nitrogens with one attached hydrogen (secondary N) is 1. The molecule has 2 N–H and O–H groups in total. The van der Waals surface area contributed by atoms with Crippen molar-refractivity contribution >= 4 is 29.6 Å². The van der Waals surface area contributed by atoms with E-state index in [1.54, 1.807) is 14.0 Å². The maximum atomic E-state index is 14.6. The number of benzene rings is 3. The standard InChI is InChI=1S/C49H52N4O11S/c1-7-16-60-48(56)51-34(23-65-22-33-31-14-10-8-12-29(31)30-13-9-11-15-32(30)33)47(55)61-21-38-40-45-43(63-25-64-45)27(3)46(54)49(40,57)19-36-41-39-28(18-35(52(41)4)37(20-50)53(36)38)17-26(2)42(59-6)44(39)62-24-58-5/h7-15,17,33-38,41,57H,1,16,18-19,21-25H2,2-6H3,(H,51,56)/t34-,35+,36?,37+,38+,41+,49?/m1/s1. The highest BCUT2D eigenvalue weighted by Crippen LogP contribution is 2.57. The van der Waals surface area contributed by atoms with E-state index >= 15 is 0 Å². The fourth-order valence-corrected chi connectivity index (χ4v) is 12.2. The van der Waals surface area contributed by atoms with E-state index in [9.17, 15) is 24.8 Å². The molecule has 1 amide bonds. The Kier molecular flexibility index (Phi) is 12.2. The third-order valence-corrected chi connectivity index (χ3v) is 14.8. The Hall–Kier alpha value is -5.83. The number of esters is 1. The number of aryl methyl sites for hydroxylation is 1. The molecule has 0 spiro atoms. The lowest BCUT2D eigenvalue weighted by atomic mass is 9.65. The zero-order chi connectivity index (χ0) is 45.7. The highest BCUT2D eigenvalue weighted by Gasteiger charge is 2.64. The number of ketones is 1. The molecule has 4 aliphatic heterocycles. The number of piperidine rings is 1. The van der Waals surface area contributed by atoms with Gasteiger partial charge in [0.1, 0.15) is 25.3 Å². The fourth-order valence-electron chi connectivity index (χ4n) is 11.0. The van der Waals surface area contributed by atoms with Gasteiger partial charge in [-0.25, -0.2) is 9.59 Å². The Balaban J connectivity index is 1.07. The molecule has 3 saturated heterocycles. The van der Waals surface area contributed by atoms with Crippen molar-refractivity contribution in [3.63, 3.8) is 0 Å². The summed E-state index contributed by atoms with van der Waals surface area (Å²) >= 11 is 1.49. The van der Waals surface area contributed by atoms with Gasteiger partial charge < -0.3 is 43.6 Å². The van der Waals surface area contributed by atoms with Crippen molar-refractivity contribution in [1.29, 1.82) is 5.26 Å².